The van der Waals surface area contributed by atoms with Crippen molar-refractivity contribution in [1.82, 2.24) is 4.90 Å². The van der Waals surface area contributed by atoms with Crippen LogP contribution in [-0.4, -0.2) is 35.0 Å². The fourth-order valence-corrected chi connectivity index (χ4v) is 1.63. The van der Waals surface area contributed by atoms with Gasteiger partial charge in [-0.25, -0.2) is 4.39 Å². The van der Waals surface area contributed by atoms with E-state index in [1.54, 1.807) is 19.2 Å². The standard InChI is InChI=1S/C13H17FN2O3/c1-16(8-9-2-4-10(14)5-3-9)13(19)11(15)6-7-12(17)18/h2-5,11H,6-8,15H2,1H3,(H,17,18). The van der Waals surface area contributed by atoms with Crippen molar-refractivity contribution < 1.29 is 19.1 Å². The van der Waals surface area contributed by atoms with E-state index in [0.29, 0.717) is 6.54 Å². The molecule has 0 aromatic heterocycles. The van der Waals surface area contributed by atoms with E-state index in [9.17, 15) is 14.0 Å². The SMILES string of the molecule is CN(Cc1ccc(F)cc1)C(=O)C(N)CCC(=O)O. The maximum atomic E-state index is 12.7. The van der Waals surface area contributed by atoms with Crippen LogP contribution in [0.5, 0.6) is 0 Å². The van der Waals surface area contributed by atoms with Gasteiger partial charge in [0.25, 0.3) is 0 Å². The lowest BCUT2D eigenvalue weighted by molar-refractivity contribution is -0.137. The maximum Gasteiger partial charge on any atom is 0.303 e. The summed E-state index contributed by atoms with van der Waals surface area (Å²) in [5, 5.41) is 8.53. The van der Waals surface area contributed by atoms with Crippen molar-refractivity contribution in [2.75, 3.05) is 7.05 Å². The van der Waals surface area contributed by atoms with Gasteiger partial charge in [-0.2, -0.15) is 0 Å². The number of carboxylic acids is 1. The third kappa shape index (κ3) is 5.05. The van der Waals surface area contributed by atoms with Crippen LogP contribution in [0.25, 0.3) is 0 Å². The Hall–Kier alpha value is -1.95. The smallest absolute Gasteiger partial charge is 0.303 e. The Bertz CT molecular complexity index is 448. The van der Waals surface area contributed by atoms with Crippen molar-refractivity contribution in [3.8, 4) is 0 Å². The molecule has 0 fully saturated rings. The van der Waals surface area contributed by atoms with Crippen LogP contribution in [-0.2, 0) is 16.1 Å². The number of rotatable bonds is 6. The van der Waals surface area contributed by atoms with Crippen molar-refractivity contribution in [2.24, 2.45) is 5.73 Å². The molecule has 1 atom stereocenters. The Kier molecular flexibility index (Phi) is 5.44. The summed E-state index contributed by atoms with van der Waals surface area (Å²) in [6.07, 6.45) is -0.0424. The van der Waals surface area contributed by atoms with Crippen LogP contribution in [0.4, 0.5) is 4.39 Å². The highest BCUT2D eigenvalue weighted by Crippen LogP contribution is 2.07. The van der Waals surface area contributed by atoms with Crippen molar-refractivity contribution >= 4 is 11.9 Å². The second kappa shape index (κ2) is 6.84. The van der Waals surface area contributed by atoms with Crippen LogP contribution in [0.15, 0.2) is 24.3 Å². The molecule has 5 nitrogen and oxygen atoms in total. The number of nitrogens with two attached hydrogens (primary N) is 1. The third-order valence-electron chi connectivity index (χ3n) is 2.70. The lowest BCUT2D eigenvalue weighted by Gasteiger charge is -2.21. The van der Waals surface area contributed by atoms with E-state index in [4.69, 9.17) is 10.8 Å². The van der Waals surface area contributed by atoms with E-state index in [1.807, 2.05) is 0 Å². The Morgan fingerprint density at radius 1 is 1.37 bits per heavy atom. The summed E-state index contributed by atoms with van der Waals surface area (Å²) in [6.45, 7) is 0.305. The molecule has 0 saturated carbocycles. The van der Waals surface area contributed by atoms with Gasteiger partial charge < -0.3 is 15.7 Å². The zero-order chi connectivity index (χ0) is 14.4. The third-order valence-corrected chi connectivity index (χ3v) is 2.70. The van der Waals surface area contributed by atoms with Gasteiger partial charge in [-0.05, 0) is 24.1 Å². The van der Waals surface area contributed by atoms with Crippen LogP contribution in [0.2, 0.25) is 0 Å². The first-order chi connectivity index (χ1) is 8.90. The largest absolute Gasteiger partial charge is 0.481 e. The van der Waals surface area contributed by atoms with E-state index in [-0.39, 0.29) is 24.6 Å². The molecule has 0 heterocycles. The van der Waals surface area contributed by atoms with Crippen LogP contribution in [0, 0.1) is 5.82 Å². The van der Waals surface area contributed by atoms with Gasteiger partial charge in [0.1, 0.15) is 5.82 Å². The number of carbonyl (C=O) groups excluding carboxylic acids is 1. The molecule has 0 aliphatic carbocycles. The van der Waals surface area contributed by atoms with Crippen LogP contribution >= 0.6 is 0 Å². The highest BCUT2D eigenvalue weighted by Gasteiger charge is 2.18. The van der Waals surface area contributed by atoms with E-state index >= 15 is 0 Å². The van der Waals surface area contributed by atoms with Crippen molar-refractivity contribution in [3.05, 3.63) is 35.6 Å². The molecule has 1 amide bonds. The van der Waals surface area contributed by atoms with E-state index < -0.39 is 12.0 Å². The number of nitrogens with zero attached hydrogens (tertiary/aromatic N) is 1. The molecule has 3 N–H and O–H groups in total. The Morgan fingerprint density at radius 3 is 2.47 bits per heavy atom. The molecule has 104 valence electrons. The van der Waals surface area contributed by atoms with E-state index in [2.05, 4.69) is 0 Å². The minimum absolute atomic E-state index is 0.0991. The molecule has 0 radical (unpaired) electrons. The zero-order valence-electron chi connectivity index (χ0n) is 10.7. The van der Waals surface area contributed by atoms with Crippen LogP contribution < -0.4 is 5.73 Å². The van der Waals surface area contributed by atoms with Crippen molar-refractivity contribution in [2.45, 2.75) is 25.4 Å². The minimum atomic E-state index is -0.982. The second-order valence-electron chi connectivity index (χ2n) is 4.36. The van der Waals surface area contributed by atoms with Gasteiger partial charge in [-0.15, -0.1) is 0 Å². The predicted octanol–water partition coefficient (Wildman–Crippen LogP) is 0.976. The fourth-order valence-electron chi connectivity index (χ4n) is 1.63. The lowest BCUT2D eigenvalue weighted by Crippen LogP contribution is -2.41. The number of aliphatic carboxylic acids is 1. The number of amides is 1. The summed E-state index contributed by atoms with van der Waals surface area (Å²) in [5.74, 6) is -1.65. The Morgan fingerprint density at radius 2 is 1.95 bits per heavy atom. The highest BCUT2D eigenvalue weighted by atomic mass is 19.1. The first kappa shape index (κ1) is 15.1. The quantitative estimate of drug-likeness (QED) is 0.805. The molecule has 6 heteroatoms. The summed E-state index contributed by atoms with van der Waals surface area (Å²) < 4.78 is 12.7. The number of hydrogen-bond acceptors (Lipinski definition) is 3. The molecule has 0 bridgehead atoms. The second-order valence-corrected chi connectivity index (χ2v) is 4.36. The summed E-state index contributed by atoms with van der Waals surface area (Å²) in [7, 11) is 1.58. The molecule has 0 saturated heterocycles. The monoisotopic (exact) mass is 268 g/mol. The average molecular weight is 268 g/mol. The number of benzene rings is 1. The van der Waals surface area contributed by atoms with Gasteiger partial charge in [-0.3, -0.25) is 9.59 Å². The zero-order valence-corrected chi connectivity index (χ0v) is 10.7. The van der Waals surface area contributed by atoms with Crippen LogP contribution in [0.3, 0.4) is 0 Å². The summed E-state index contributed by atoms with van der Waals surface area (Å²) in [4.78, 5) is 23.7. The summed E-state index contributed by atoms with van der Waals surface area (Å²) in [5.41, 5.74) is 6.41. The Balaban J connectivity index is 2.52. The summed E-state index contributed by atoms with van der Waals surface area (Å²) >= 11 is 0. The molecular formula is C13H17FN2O3. The average Bonchev–Trinajstić information content (AvgIpc) is 2.37. The Labute approximate surface area is 110 Å². The van der Waals surface area contributed by atoms with Gasteiger partial charge in [-0.1, -0.05) is 12.1 Å². The maximum absolute atomic E-state index is 12.7. The predicted molar refractivity (Wildman–Crippen MR) is 67.7 cm³/mol. The van der Waals surface area contributed by atoms with Crippen molar-refractivity contribution in [1.29, 1.82) is 0 Å². The molecule has 0 aliphatic rings. The molecule has 19 heavy (non-hydrogen) atoms. The van der Waals surface area contributed by atoms with Gasteiger partial charge in [0.2, 0.25) is 5.91 Å². The molecule has 1 unspecified atom stereocenters. The van der Waals surface area contributed by atoms with Gasteiger partial charge in [0.15, 0.2) is 0 Å². The normalized spacial score (nSPS) is 11.9. The number of hydrogen-bond donors (Lipinski definition) is 2. The first-order valence-corrected chi connectivity index (χ1v) is 5.87. The molecular weight excluding hydrogens is 251 g/mol. The molecule has 0 spiro atoms. The topological polar surface area (TPSA) is 83.6 Å². The number of carboxylic acid groups (broad SMARTS) is 1. The van der Waals surface area contributed by atoms with E-state index in [1.165, 1.54) is 17.0 Å². The first-order valence-electron chi connectivity index (χ1n) is 5.87. The number of carbonyl (C=O) groups is 2. The lowest BCUT2D eigenvalue weighted by atomic mass is 10.1. The van der Waals surface area contributed by atoms with Crippen molar-refractivity contribution in [3.63, 3.8) is 0 Å². The molecule has 0 aliphatic heterocycles. The van der Waals surface area contributed by atoms with Gasteiger partial charge >= 0.3 is 5.97 Å². The molecule has 1 rings (SSSR count). The number of halogens is 1. The highest BCUT2D eigenvalue weighted by molar-refractivity contribution is 5.82. The van der Waals surface area contributed by atoms with E-state index in [0.717, 1.165) is 5.56 Å². The van der Waals surface area contributed by atoms with Crippen LogP contribution in [0.1, 0.15) is 18.4 Å². The van der Waals surface area contributed by atoms with Gasteiger partial charge in [0.05, 0.1) is 6.04 Å². The molecule has 1 aromatic rings. The number of likely N-dealkylation sites (N-methyl/N-ethyl adjacent to an activating group) is 1. The molecule has 1 aromatic carbocycles. The minimum Gasteiger partial charge on any atom is -0.481 e. The fraction of sp³-hybridized carbons (Fsp3) is 0.385. The summed E-state index contributed by atoms with van der Waals surface area (Å²) in [6, 6.07) is 4.97. The van der Waals surface area contributed by atoms with Gasteiger partial charge in [0, 0.05) is 20.0 Å².